The van der Waals surface area contributed by atoms with Crippen LogP contribution in [0.2, 0.25) is 0 Å². The summed E-state index contributed by atoms with van der Waals surface area (Å²) in [6.45, 7) is 0.859. The Bertz CT molecular complexity index is 417. The first-order chi connectivity index (χ1) is 6.74. The second-order valence-corrected chi connectivity index (χ2v) is 2.82. The normalized spacial score (nSPS) is 10.9. The van der Waals surface area contributed by atoms with Crippen LogP contribution in [0.5, 0.6) is 0 Å². The summed E-state index contributed by atoms with van der Waals surface area (Å²) >= 11 is 0. The molecule has 0 atom stereocenters. The Morgan fingerprint density at radius 3 is 2.93 bits per heavy atom. The molecule has 0 aliphatic carbocycles. The SMILES string of the molecule is CNCCC=Cc1c[nH]c(=O)[nH]c1=O. The van der Waals surface area contributed by atoms with E-state index in [-0.39, 0.29) is 5.56 Å². The van der Waals surface area contributed by atoms with Crippen LogP contribution in [0.3, 0.4) is 0 Å². The van der Waals surface area contributed by atoms with E-state index in [1.54, 1.807) is 6.08 Å². The summed E-state index contributed by atoms with van der Waals surface area (Å²) in [5.74, 6) is 0. The highest BCUT2D eigenvalue weighted by Crippen LogP contribution is 1.91. The minimum absolute atomic E-state index is 0.366. The van der Waals surface area contributed by atoms with E-state index in [1.165, 1.54) is 6.20 Å². The maximum Gasteiger partial charge on any atom is 0.325 e. The van der Waals surface area contributed by atoms with Crippen molar-refractivity contribution in [2.45, 2.75) is 6.42 Å². The molecule has 0 aliphatic rings. The van der Waals surface area contributed by atoms with Crippen LogP contribution in [0.15, 0.2) is 21.9 Å². The average Bonchev–Trinajstić information content (AvgIpc) is 2.15. The van der Waals surface area contributed by atoms with Crippen LogP contribution in [0, 0.1) is 0 Å². The second-order valence-electron chi connectivity index (χ2n) is 2.82. The van der Waals surface area contributed by atoms with Crippen molar-refractivity contribution in [3.05, 3.63) is 38.7 Å². The van der Waals surface area contributed by atoms with Crippen molar-refractivity contribution in [3.8, 4) is 0 Å². The van der Waals surface area contributed by atoms with Gasteiger partial charge in [-0.25, -0.2) is 4.79 Å². The Labute approximate surface area is 80.9 Å². The molecule has 5 heteroatoms. The molecule has 0 bridgehead atoms. The van der Waals surface area contributed by atoms with Crippen LogP contribution >= 0.6 is 0 Å². The van der Waals surface area contributed by atoms with Crippen molar-refractivity contribution in [2.75, 3.05) is 13.6 Å². The number of hydrogen-bond donors (Lipinski definition) is 3. The first kappa shape index (κ1) is 10.5. The van der Waals surface area contributed by atoms with Crippen LogP contribution in [0.4, 0.5) is 0 Å². The van der Waals surface area contributed by atoms with Gasteiger partial charge in [-0.1, -0.05) is 12.2 Å². The van der Waals surface area contributed by atoms with Gasteiger partial charge in [-0.15, -0.1) is 0 Å². The molecule has 0 saturated heterocycles. The minimum Gasteiger partial charge on any atom is -0.319 e. The zero-order chi connectivity index (χ0) is 10.4. The zero-order valence-corrected chi connectivity index (χ0v) is 7.96. The van der Waals surface area contributed by atoms with Crippen LogP contribution in [-0.4, -0.2) is 23.6 Å². The van der Waals surface area contributed by atoms with Gasteiger partial charge < -0.3 is 10.3 Å². The summed E-state index contributed by atoms with van der Waals surface area (Å²) in [6, 6.07) is 0. The molecule has 3 N–H and O–H groups in total. The fourth-order valence-electron chi connectivity index (χ4n) is 0.982. The molecular weight excluding hydrogens is 182 g/mol. The highest BCUT2D eigenvalue weighted by molar-refractivity contribution is 5.45. The van der Waals surface area contributed by atoms with E-state index in [0.29, 0.717) is 5.56 Å². The van der Waals surface area contributed by atoms with Gasteiger partial charge >= 0.3 is 5.69 Å². The molecule has 0 radical (unpaired) electrons. The van der Waals surface area contributed by atoms with E-state index < -0.39 is 5.69 Å². The van der Waals surface area contributed by atoms with Crippen molar-refractivity contribution in [2.24, 2.45) is 0 Å². The molecule has 0 spiro atoms. The van der Waals surface area contributed by atoms with E-state index in [0.717, 1.165) is 13.0 Å². The van der Waals surface area contributed by atoms with Crippen LogP contribution in [0.25, 0.3) is 6.08 Å². The summed E-state index contributed by atoms with van der Waals surface area (Å²) in [7, 11) is 1.86. The third-order valence-electron chi connectivity index (χ3n) is 1.71. The summed E-state index contributed by atoms with van der Waals surface area (Å²) in [6.07, 6.45) is 5.80. The standard InChI is InChI=1S/C9H13N3O2/c1-10-5-3-2-4-7-6-11-9(14)12-8(7)13/h2,4,6,10H,3,5H2,1H3,(H2,11,12,13,14). The maximum absolute atomic E-state index is 11.2. The number of aromatic amines is 2. The Morgan fingerprint density at radius 2 is 2.29 bits per heavy atom. The Balaban J connectivity index is 2.72. The van der Waals surface area contributed by atoms with E-state index >= 15 is 0 Å². The molecule has 1 aromatic rings. The molecule has 0 saturated carbocycles. The lowest BCUT2D eigenvalue weighted by Crippen LogP contribution is -2.22. The molecule has 0 fully saturated rings. The van der Waals surface area contributed by atoms with Crippen molar-refractivity contribution < 1.29 is 0 Å². The first-order valence-corrected chi connectivity index (χ1v) is 4.37. The third kappa shape index (κ3) is 3.02. The number of rotatable bonds is 4. The molecule has 1 aromatic heterocycles. The van der Waals surface area contributed by atoms with E-state index in [9.17, 15) is 9.59 Å². The lowest BCUT2D eigenvalue weighted by molar-refractivity contribution is 0.809. The molecule has 0 unspecified atom stereocenters. The second kappa shape index (κ2) is 5.18. The third-order valence-corrected chi connectivity index (χ3v) is 1.71. The van der Waals surface area contributed by atoms with E-state index in [4.69, 9.17) is 0 Å². The van der Waals surface area contributed by atoms with Crippen LogP contribution in [0.1, 0.15) is 12.0 Å². The summed E-state index contributed by atoms with van der Waals surface area (Å²) in [4.78, 5) is 26.4. The van der Waals surface area contributed by atoms with Gasteiger partial charge in [-0.2, -0.15) is 0 Å². The van der Waals surface area contributed by atoms with Gasteiger partial charge in [0.15, 0.2) is 0 Å². The summed E-state index contributed by atoms with van der Waals surface area (Å²) < 4.78 is 0. The fraction of sp³-hybridized carbons (Fsp3) is 0.333. The predicted octanol–water partition coefficient (Wildman–Crippen LogP) is -0.314. The quantitative estimate of drug-likeness (QED) is 0.576. The first-order valence-electron chi connectivity index (χ1n) is 4.37. The van der Waals surface area contributed by atoms with E-state index in [2.05, 4.69) is 15.3 Å². The maximum atomic E-state index is 11.2. The van der Waals surface area contributed by atoms with Crippen LogP contribution in [-0.2, 0) is 0 Å². The Kier molecular flexibility index (Phi) is 3.87. The summed E-state index contributed by atoms with van der Waals surface area (Å²) in [5, 5.41) is 2.98. The smallest absolute Gasteiger partial charge is 0.319 e. The monoisotopic (exact) mass is 195 g/mol. The topological polar surface area (TPSA) is 77.8 Å². The van der Waals surface area contributed by atoms with Gasteiger partial charge in [0.1, 0.15) is 0 Å². The van der Waals surface area contributed by atoms with Gasteiger partial charge in [-0.05, 0) is 20.0 Å². The Morgan fingerprint density at radius 1 is 1.50 bits per heavy atom. The van der Waals surface area contributed by atoms with Crippen molar-refractivity contribution >= 4 is 6.08 Å². The highest BCUT2D eigenvalue weighted by Gasteiger charge is 1.93. The lowest BCUT2D eigenvalue weighted by Gasteiger charge is -1.92. The molecule has 0 amide bonds. The van der Waals surface area contributed by atoms with E-state index in [1.807, 2.05) is 13.1 Å². The number of nitrogens with one attached hydrogen (secondary N) is 3. The molecule has 14 heavy (non-hydrogen) atoms. The predicted molar refractivity (Wildman–Crippen MR) is 55.3 cm³/mol. The van der Waals surface area contributed by atoms with Crippen molar-refractivity contribution in [1.29, 1.82) is 0 Å². The van der Waals surface area contributed by atoms with Gasteiger partial charge in [0.2, 0.25) is 0 Å². The molecule has 1 rings (SSSR count). The molecular formula is C9H13N3O2. The van der Waals surface area contributed by atoms with Gasteiger partial charge in [-0.3, -0.25) is 9.78 Å². The lowest BCUT2D eigenvalue weighted by atomic mass is 10.3. The van der Waals surface area contributed by atoms with Crippen molar-refractivity contribution in [1.82, 2.24) is 15.3 Å². The number of hydrogen-bond acceptors (Lipinski definition) is 3. The van der Waals surface area contributed by atoms with Gasteiger partial charge in [0.05, 0.1) is 5.56 Å². The largest absolute Gasteiger partial charge is 0.325 e. The molecule has 1 heterocycles. The average molecular weight is 195 g/mol. The molecule has 0 aromatic carbocycles. The van der Waals surface area contributed by atoms with Crippen molar-refractivity contribution in [3.63, 3.8) is 0 Å². The molecule has 5 nitrogen and oxygen atoms in total. The fourth-order valence-corrected chi connectivity index (χ4v) is 0.982. The number of aromatic nitrogens is 2. The van der Waals surface area contributed by atoms with Gasteiger partial charge in [0.25, 0.3) is 5.56 Å². The molecule has 0 aliphatic heterocycles. The van der Waals surface area contributed by atoms with Crippen LogP contribution < -0.4 is 16.6 Å². The summed E-state index contributed by atoms with van der Waals surface area (Å²) in [5.41, 5.74) is -0.391. The number of H-pyrrole nitrogens is 2. The molecule has 76 valence electrons. The zero-order valence-electron chi connectivity index (χ0n) is 7.96. The van der Waals surface area contributed by atoms with Gasteiger partial charge in [0, 0.05) is 6.20 Å². The highest BCUT2D eigenvalue weighted by atomic mass is 16.2. The minimum atomic E-state index is -0.484. The Hall–Kier alpha value is -1.62.